The second-order valence-electron chi connectivity index (χ2n) is 23.4. The number of phenols is 1. The van der Waals surface area contributed by atoms with Crippen molar-refractivity contribution in [3.8, 4) is 34.5 Å². The molecular weight excluding hydrogens is 1010 g/mol. The molecule has 4 amide bonds. The van der Waals surface area contributed by atoms with Gasteiger partial charge >= 0.3 is 18.3 Å². The van der Waals surface area contributed by atoms with Crippen LogP contribution in [0.5, 0.6) is 34.5 Å². The first-order chi connectivity index (χ1) is 37.6. The maximum absolute atomic E-state index is 14.2. The number of rotatable bonds is 42. The largest absolute Gasteiger partial charge is 0.504 e. The number of benzene rings is 2. The lowest BCUT2D eigenvalue weighted by Crippen LogP contribution is -2.33. The molecule has 2 aromatic carbocycles. The van der Waals surface area contributed by atoms with Gasteiger partial charge in [0, 0.05) is 31.7 Å². The van der Waals surface area contributed by atoms with Crippen molar-refractivity contribution in [3.05, 3.63) is 35.4 Å². The Labute approximate surface area is 475 Å². The third-order valence-electron chi connectivity index (χ3n) is 12.1. The summed E-state index contributed by atoms with van der Waals surface area (Å²) < 4.78 is 47.5. The Kier molecular flexibility index (Phi) is 35.1. The van der Waals surface area contributed by atoms with Gasteiger partial charge in [0.2, 0.25) is 11.5 Å². The Balaban J connectivity index is 2.36. The molecule has 0 radical (unpaired) electrons. The first-order valence-electron chi connectivity index (χ1n) is 30.0. The highest BCUT2D eigenvalue weighted by molar-refractivity contribution is 5.95. The van der Waals surface area contributed by atoms with Crippen LogP contribution in [0.1, 0.15) is 240 Å². The topological polar surface area (TPSA) is 210 Å². The molecule has 0 fully saturated rings. The first kappa shape index (κ1) is 69.6. The van der Waals surface area contributed by atoms with Gasteiger partial charge in [0.1, 0.15) is 16.8 Å². The molecule has 0 aliphatic carbocycles. The third-order valence-corrected chi connectivity index (χ3v) is 12.1. The summed E-state index contributed by atoms with van der Waals surface area (Å²) in [6, 6.07) is 6.53. The van der Waals surface area contributed by atoms with Crippen LogP contribution in [0.15, 0.2) is 24.3 Å². The molecule has 79 heavy (non-hydrogen) atoms. The van der Waals surface area contributed by atoms with Crippen molar-refractivity contribution in [2.75, 3.05) is 52.7 Å². The van der Waals surface area contributed by atoms with E-state index in [1.165, 1.54) is 89.9 Å². The number of hydrogen-bond donors (Lipinski definition) is 5. The molecule has 17 nitrogen and oxygen atoms in total. The van der Waals surface area contributed by atoms with E-state index >= 15 is 0 Å². The van der Waals surface area contributed by atoms with Crippen molar-refractivity contribution in [2.24, 2.45) is 0 Å². The molecular formula is C62H106N4O13. The smallest absolute Gasteiger partial charge is 0.407 e. The van der Waals surface area contributed by atoms with Crippen LogP contribution in [0.4, 0.5) is 14.4 Å². The summed E-state index contributed by atoms with van der Waals surface area (Å²) >= 11 is 0. The van der Waals surface area contributed by atoms with Crippen LogP contribution in [0.2, 0.25) is 0 Å². The van der Waals surface area contributed by atoms with Gasteiger partial charge in [-0.15, -0.1) is 0 Å². The number of nitrogens with one attached hydrogen (secondary N) is 4. The molecule has 0 unspecified atom stereocenters. The van der Waals surface area contributed by atoms with Gasteiger partial charge in [-0.25, -0.2) is 14.4 Å². The number of aromatic hydroxyl groups is 1. The zero-order valence-electron chi connectivity index (χ0n) is 50.8. The normalized spacial score (nSPS) is 11.6. The van der Waals surface area contributed by atoms with Crippen LogP contribution < -0.4 is 45.0 Å². The molecule has 0 saturated carbocycles. The van der Waals surface area contributed by atoms with Crippen LogP contribution in [-0.2, 0) is 20.8 Å². The maximum atomic E-state index is 14.2. The second kappa shape index (κ2) is 39.8. The highest BCUT2D eigenvalue weighted by Crippen LogP contribution is 2.41. The van der Waals surface area contributed by atoms with Gasteiger partial charge in [-0.1, -0.05) is 129 Å². The first-order valence-corrected chi connectivity index (χ1v) is 30.0. The van der Waals surface area contributed by atoms with E-state index < -0.39 is 41.0 Å². The minimum Gasteiger partial charge on any atom is -0.504 e. The van der Waals surface area contributed by atoms with Crippen molar-refractivity contribution in [1.82, 2.24) is 21.3 Å². The molecule has 0 saturated heterocycles. The van der Waals surface area contributed by atoms with Crippen LogP contribution in [0, 0.1) is 0 Å². The van der Waals surface area contributed by atoms with E-state index in [-0.39, 0.29) is 74.6 Å². The van der Waals surface area contributed by atoms with Gasteiger partial charge in [-0.2, -0.15) is 0 Å². The van der Waals surface area contributed by atoms with Crippen molar-refractivity contribution >= 4 is 24.2 Å². The van der Waals surface area contributed by atoms with E-state index in [1.807, 2.05) is 6.07 Å². The van der Waals surface area contributed by atoms with E-state index in [0.29, 0.717) is 49.5 Å². The van der Waals surface area contributed by atoms with E-state index in [0.717, 1.165) is 38.5 Å². The predicted octanol–water partition coefficient (Wildman–Crippen LogP) is 14.8. The average Bonchev–Trinajstić information content (AvgIpc) is 3.36. The molecule has 0 atom stereocenters. The van der Waals surface area contributed by atoms with Gasteiger partial charge in [0.15, 0.2) is 23.0 Å². The Hall–Kier alpha value is -5.48. The zero-order chi connectivity index (χ0) is 58.4. The molecule has 2 rings (SSSR count). The summed E-state index contributed by atoms with van der Waals surface area (Å²) in [6.45, 7) is 22.6. The Bertz CT molecular complexity index is 1950. The molecule has 2 aromatic rings. The highest BCUT2D eigenvalue weighted by atomic mass is 16.6. The molecule has 17 heteroatoms. The summed E-state index contributed by atoms with van der Waals surface area (Å²) in [5.41, 5.74) is -1.18. The van der Waals surface area contributed by atoms with E-state index in [2.05, 4.69) is 35.1 Å². The molecule has 0 aliphatic heterocycles. The lowest BCUT2D eigenvalue weighted by atomic mass is 10.1. The lowest BCUT2D eigenvalue weighted by molar-refractivity contribution is 0.0512. The molecule has 0 aliphatic rings. The zero-order valence-corrected chi connectivity index (χ0v) is 50.8. The fraction of sp³-hybridized carbons (Fsp3) is 0.742. The van der Waals surface area contributed by atoms with Crippen molar-refractivity contribution in [2.45, 2.75) is 247 Å². The fourth-order valence-electron chi connectivity index (χ4n) is 8.15. The van der Waals surface area contributed by atoms with Crippen LogP contribution in [0.25, 0.3) is 0 Å². The Morgan fingerprint density at radius 2 is 0.709 bits per heavy atom. The minimum atomic E-state index is -0.662. The SMILES string of the molecule is CCCCCCCCCCCCOc1cc(CNC(=O)c2cc(OCCCNC(=O)OC(C)(C)C)c(OCCCNC(=O)OC(C)(C)C)c(OCCCNC(=O)OC(C)(C)C)c2)cc(O)c1OCCCCCCCCCCCC. The summed E-state index contributed by atoms with van der Waals surface area (Å²) in [6.07, 6.45) is 23.5. The number of carbonyl (C=O) groups is 4. The van der Waals surface area contributed by atoms with Crippen molar-refractivity contribution in [3.63, 3.8) is 0 Å². The number of phenolic OH excluding ortho intramolecular Hbond substituents is 1. The highest BCUT2D eigenvalue weighted by Gasteiger charge is 2.22. The van der Waals surface area contributed by atoms with Crippen LogP contribution in [0.3, 0.4) is 0 Å². The molecule has 0 aromatic heterocycles. The molecule has 452 valence electrons. The van der Waals surface area contributed by atoms with Crippen LogP contribution in [-0.4, -0.2) is 98.8 Å². The van der Waals surface area contributed by atoms with Gasteiger partial charge < -0.3 is 64.3 Å². The monoisotopic (exact) mass is 1110 g/mol. The van der Waals surface area contributed by atoms with E-state index in [9.17, 15) is 24.3 Å². The maximum Gasteiger partial charge on any atom is 0.407 e. The molecule has 0 spiro atoms. The standard InChI is InChI=1S/C62H106N4O13/c1-12-14-16-18-20-22-24-26-28-30-38-72-51-44-48(43-50(67)54(51)75-39-31-29-27-25-23-21-19-17-15-13-2)47-66-56(68)49-45-52(73-40-32-35-63-57(69)77-60(3,4)5)55(76-42-34-37-65-59(71)79-62(9,10)11)53(46-49)74-41-33-36-64-58(70)78-61(6,7)8/h43-46,67H,12-42,47H2,1-11H3,(H,63,69)(H,64,70)(H,65,71)(H,66,68). The molecule has 0 heterocycles. The lowest BCUT2D eigenvalue weighted by Gasteiger charge is -2.21. The molecule has 5 N–H and O–H groups in total. The van der Waals surface area contributed by atoms with Gasteiger partial charge in [0.25, 0.3) is 5.91 Å². The summed E-state index contributed by atoms with van der Waals surface area (Å²) in [5.74, 6) is 0.843. The summed E-state index contributed by atoms with van der Waals surface area (Å²) in [5, 5.41) is 22.6. The number of hydrogen-bond acceptors (Lipinski definition) is 13. The van der Waals surface area contributed by atoms with Gasteiger partial charge in [-0.3, -0.25) is 4.79 Å². The van der Waals surface area contributed by atoms with Gasteiger partial charge in [-0.05, 0) is 124 Å². The average molecular weight is 1120 g/mol. The number of ether oxygens (including phenoxy) is 8. The van der Waals surface area contributed by atoms with E-state index in [1.54, 1.807) is 80.5 Å². The fourth-order valence-corrected chi connectivity index (χ4v) is 8.15. The quantitative estimate of drug-likeness (QED) is 0.0310. The molecule has 0 bridgehead atoms. The summed E-state index contributed by atoms with van der Waals surface area (Å²) in [4.78, 5) is 51.3. The second-order valence-corrected chi connectivity index (χ2v) is 23.4. The Morgan fingerprint density at radius 1 is 0.392 bits per heavy atom. The third kappa shape index (κ3) is 35.7. The van der Waals surface area contributed by atoms with Gasteiger partial charge in [0.05, 0.1) is 33.0 Å². The number of alkyl carbamates (subject to hydrolysis) is 3. The predicted molar refractivity (Wildman–Crippen MR) is 313 cm³/mol. The number of carbonyl (C=O) groups excluding carboxylic acids is 4. The van der Waals surface area contributed by atoms with Crippen LogP contribution >= 0.6 is 0 Å². The Morgan fingerprint density at radius 3 is 1.09 bits per heavy atom. The van der Waals surface area contributed by atoms with E-state index in [4.69, 9.17) is 37.9 Å². The van der Waals surface area contributed by atoms with Crippen molar-refractivity contribution < 1.29 is 62.2 Å². The number of amides is 4. The number of unbranched alkanes of at least 4 members (excludes halogenated alkanes) is 18. The van der Waals surface area contributed by atoms with Crippen molar-refractivity contribution in [1.29, 1.82) is 0 Å². The summed E-state index contributed by atoms with van der Waals surface area (Å²) in [7, 11) is 0. The minimum absolute atomic E-state index is 0.0433.